The zero-order valence-corrected chi connectivity index (χ0v) is 13.8. The molecular weight excluding hydrogens is 330 g/mol. The molecule has 1 saturated carbocycles. The van der Waals surface area contributed by atoms with Crippen LogP contribution in [0.15, 0.2) is 23.1 Å². The Bertz CT molecular complexity index is 643. The average Bonchev–Trinajstić information content (AvgIpc) is 2.40. The molecule has 1 aliphatic rings. The van der Waals surface area contributed by atoms with Gasteiger partial charge < -0.3 is 5.73 Å². The van der Waals surface area contributed by atoms with Crippen molar-refractivity contribution in [3.63, 3.8) is 0 Å². The summed E-state index contributed by atoms with van der Waals surface area (Å²) in [6, 6.07) is 4.13. The third-order valence-electron chi connectivity index (χ3n) is 3.75. The second kappa shape index (κ2) is 7.36. The quantitative estimate of drug-likeness (QED) is 0.636. The second-order valence-electron chi connectivity index (χ2n) is 5.41. The Hall–Kier alpha value is -1.22. The van der Waals surface area contributed by atoms with Gasteiger partial charge in [0.25, 0.3) is 5.69 Å². The van der Waals surface area contributed by atoms with Crippen LogP contribution in [0.5, 0.6) is 0 Å². The first kappa shape index (κ1) is 18.8. The van der Waals surface area contributed by atoms with Crippen LogP contribution in [0, 0.1) is 17.0 Å². The van der Waals surface area contributed by atoms with Gasteiger partial charge in [0.15, 0.2) is 4.90 Å². The molecule has 0 heterocycles. The fourth-order valence-corrected chi connectivity index (χ4v) is 4.35. The number of nitro groups is 1. The summed E-state index contributed by atoms with van der Waals surface area (Å²) < 4.78 is 27.5. The minimum absolute atomic E-state index is 0. The molecule has 0 aliphatic heterocycles. The fourth-order valence-electron chi connectivity index (χ4n) is 2.65. The van der Waals surface area contributed by atoms with Crippen LogP contribution < -0.4 is 10.5 Å². The van der Waals surface area contributed by atoms with Crippen LogP contribution in [0.3, 0.4) is 0 Å². The topological polar surface area (TPSA) is 115 Å². The number of hydrogen-bond donors (Lipinski definition) is 2. The molecule has 1 fully saturated rings. The Morgan fingerprint density at radius 1 is 1.27 bits per heavy atom. The van der Waals surface area contributed by atoms with Crippen molar-refractivity contribution in [1.82, 2.24) is 4.72 Å². The molecule has 0 spiro atoms. The van der Waals surface area contributed by atoms with Crippen molar-refractivity contribution in [2.24, 2.45) is 5.73 Å². The van der Waals surface area contributed by atoms with E-state index in [1.807, 2.05) is 0 Å². The molecular formula is C13H20ClN3O4S. The number of nitro benzene ring substituents is 1. The van der Waals surface area contributed by atoms with Crippen molar-refractivity contribution >= 4 is 28.1 Å². The van der Waals surface area contributed by atoms with E-state index in [1.165, 1.54) is 12.1 Å². The number of rotatable bonds is 4. The molecule has 0 radical (unpaired) electrons. The highest BCUT2D eigenvalue weighted by Gasteiger charge is 2.31. The Morgan fingerprint density at radius 2 is 1.86 bits per heavy atom. The highest BCUT2D eigenvalue weighted by Crippen LogP contribution is 2.28. The van der Waals surface area contributed by atoms with Gasteiger partial charge in [-0.1, -0.05) is 12.1 Å². The summed E-state index contributed by atoms with van der Waals surface area (Å²) in [5, 5.41) is 11.1. The van der Waals surface area contributed by atoms with Gasteiger partial charge in [0.05, 0.1) is 4.92 Å². The molecule has 0 saturated heterocycles. The molecule has 0 unspecified atom stereocenters. The van der Waals surface area contributed by atoms with Crippen LogP contribution >= 0.6 is 12.4 Å². The van der Waals surface area contributed by atoms with Gasteiger partial charge in [-0.05, 0) is 38.2 Å². The van der Waals surface area contributed by atoms with Crippen molar-refractivity contribution in [2.75, 3.05) is 0 Å². The number of halogens is 1. The molecule has 0 atom stereocenters. The lowest BCUT2D eigenvalue weighted by Crippen LogP contribution is -2.40. The highest BCUT2D eigenvalue weighted by molar-refractivity contribution is 7.89. The monoisotopic (exact) mass is 349 g/mol. The lowest BCUT2D eigenvalue weighted by molar-refractivity contribution is -0.387. The van der Waals surface area contributed by atoms with E-state index in [-0.39, 0.29) is 29.4 Å². The van der Waals surface area contributed by atoms with Crippen LogP contribution in [0.4, 0.5) is 5.69 Å². The summed E-state index contributed by atoms with van der Waals surface area (Å²) in [5.41, 5.74) is 5.76. The summed E-state index contributed by atoms with van der Waals surface area (Å²) in [7, 11) is -3.92. The lowest BCUT2D eigenvalue weighted by atomic mass is 9.93. The van der Waals surface area contributed by atoms with Gasteiger partial charge in [0.2, 0.25) is 10.0 Å². The van der Waals surface area contributed by atoms with Crippen LogP contribution in [0.2, 0.25) is 0 Å². The molecule has 2 rings (SSSR count). The van der Waals surface area contributed by atoms with E-state index < -0.39 is 20.6 Å². The smallest absolute Gasteiger partial charge is 0.289 e. The molecule has 124 valence electrons. The van der Waals surface area contributed by atoms with E-state index >= 15 is 0 Å². The van der Waals surface area contributed by atoms with Gasteiger partial charge in [0.1, 0.15) is 0 Å². The van der Waals surface area contributed by atoms with Crippen LogP contribution in [0.1, 0.15) is 31.2 Å². The zero-order chi connectivity index (χ0) is 15.6. The van der Waals surface area contributed by atoms with E-state index in [9.17, 15) is 18.5 Å². The summed E-state index contributed by atoms with van der Waals surface area (Å²) in [4.78, 5) is 10.1. The number of benzene rings is 1. The van der Waals surface area contributed by atoms with Crippen molar-refractivity contribution in [3.05, 3.63) is 33.9 Å². The molecule has 1 aromatic carbocycles. The number of sulfonamides is 1. The van der Waals surface area contributed by atoms with E-state index in [4.69, 9.17) is 5.73 Å². The maximum Gasteiger partial charge on any atom is 0.289 e. The van der Waals surface area contributed by atoms with Crippen LogP contribution in [0.25, 0.3) is 0 Å². The van der Waals surface area contributed by atoms with E-state index in [2.05, 4.69) is 4.72 Å². The third-order valence-corrected chi connectivity index (χ3v) is 5.46. The summed E-state index contributed by atoms with van der Waals surface area (Å²) in [6.45, 7) is 1.55. The number of nitrogens with zero attached hydrogens (tertiary/aromatic N) is 1. The number of nitrogens with one attached hydrogen (secondary N) is 1. The number of nitrogens with two attached hydrogens (primary N) is 1. The molecule has 0 bridgehead atoms. The maximum absolute atomic E-state index is 12.5. The first-order chi connectivity index (χ1) is 9.81. The van der Waals surface area contributed by atoms with Crippen LogP contribution in [-0.4, -0.2) is 25.4 Å². The number of aryl methyl sites for hydroxylation is 1. The fraction of sp³-hybridized carbons (Fsp3) is 0.538. The molecule has 1 aliphatic carbocycles. The first-order valence-corrected chi connectivity index (χ1v) is 8.31. The second-order valence-corrected chi connectivity index (χ2v) is 7.06. The third kappa shape index (κ3) is 4.16. The minimum atomic E-state index is -3.92. The average molecular weight is 350 g/mol. The highest BCUT2D eigenvalue weighted by atomic mass is 35.5. The summed E-state index contributed by atoms with van der Waals surface area (Å²) in [6.07, 6.45) is 2.81. The Balaban J connectivity index is 0.00000242. The summed E-state index contributed by atoms with van der Waals surface area (Å²) in [5.74, 6) is 0. The largest absolute Gasteiger partial charge is 0.328 e. The SMILES string of the molecule is Cc1cccc([N+](=O)[O-])c1S(=O)(=O)NC1CCC(N)CC1.Cl. The van der Waals surface area contributed by atoms with Gasteiger partial charge in [-0.15, -0.1) is 12.4 Å². The Morgan fingerprint density at radius 3 is 2.41 bits per heavy atom. The molecule has 9 heteroatoms. The molecule has 7 nitrogen and oxygen atoms in total. The van der Waals surface area contributed by atoms with E-state index in [0.717, 1.165) is 12.8 Å². The van der Waals surface area contributed by atoms with Gasteiger partial charge in [0, 0.05) is 18.2 Å². The summed E-state index contributed by atoms with van der Waals surface area (Å²) >= 11 is 0. The van der Waals surface area contributed by atoms with Gasteiger partial charge in [-0.3, -0.25) is 10.1 Å². The van der Waals surface area contributed by atoms with Crippen molar-refractivity contribution in [1.29, 1.82) is 0 Å². The van der Waals surface area contributed by atoms with Crippen molar-refractivity contribution in [2.45, 2.75) is 49.6 Å². The van der Waals surface area contributed by atoms with Gasteiger partial charge in [-0.25, -0.2) is 13.1 Å². The van der Waals surface area contributed by atoms with E-state index in [0.29, 0.717) is 18.4 Å². The van der Waals surface area contributed by atoms with Gasteiger partial charge in [-0.2, -0.15) is 0 Å². The standard InChI is InChI=1S/C13H19N3O4S.ClH/c1-9-3-2-4-12(16(17)18)13(9)21(19,20)15-11-7-5-10(14)6-8-11;/h2-4,10-11,15H,5-8,14H2,1H3;1H. The maximum atomic E-state index is 12.5. The Labute approximate surface area is 135 Å². The molecule has 22 heavy (non-hydrogen) atoms. The minimum Gasteiger partial charge on any atom is -0.328 e. The molecule has 0 aromatic heterocycles. The zero-order valence-electron chi connectivity index (χ0n) is 12.2. The normalized spacial score (nSPS) is 21.9. The Kier molecular flexibility index (Phi) is 6.30. The van der Waals surface area contributed by atoms with Crippen LogP contribution in [-0.2, 0) is 10.0 Å². The predicted octanol–water partition coefficient (Wildman–Crippen LogP) is 1.87. The van der Waals surface area contributed by atoms with E-state index in [1.54, 1.807) is 13.0 Å². The van der Waals surface area contributed by atoms with Gasteiger partial charge >= 0.3 is 0 Å². The first-order valence-electron chi connectivity index (χ1n) is 6.83. The van der Waals surface area contributed by atoms with Crippen molar-refractivity contribution < 1.29 is 13.3 Å². The predicted molar refractivity (Wildman–Crippen MR) is 85.6 cm³/mol. The number of hydrogen-bond acceptors (Lipinski definition) is 5. The molecule has 1 aromatic rings. The molecule has 0 amide bonds. The molecule has 3 N–H and O–H groups in total. The van der Waals surface area contributed by atoms with Crippen molar-refractivity contribution in [3.8, 4) is 0 Å². The lowest BCUT2D eigenvalue weighted by Gasteiger charge is -2.26.